The largest absolute Gasteiger partial charge is 0.390 e. The normalized spacial score (nSPS) is 20.7. The third-order valence-corrected chi connectivity index (χ3v) is 4.07. The van der Waals surface area contributed by atoms with Gasteiger partial charge in [0.25, 0.3) is 0 Å². The van der Waals surface area contributed by atoms with Crippen LogP contribution in [-0.4, -0.2) is 50.8 Å². The number of alkyl halides is 3. The van der Waals surface area contributed by atoms with Crippen molar-refractivity contribution in [2.75, 3.05) is 25.9 Å². The van der Waals surface area contributed by atoms with Gasteiger partial charge in [0.15, 0.2) is 0 Å². The van der Waals surface area contributed by atoms with Crippen molar-refractivity contribution in [3.63, 3.8) is 0 Å². The van der Waals surface area contributed by atoms with Crippen LogP contribution in [0, 0.1) is 0 Å². The predicted octanol–water partition coefficient (Wildman–Crippen LogP) is 0.952. The van der Waals surface area contributed by atoms with Crippen molar-refractivity contribution in [3.05, 3.63) is 0 Å². The van der Waals surface area contributed by atoms with E-state index in [1.807, 2.05) is 0 Å². The quantitative estimate of drug-likeness (QED) is 0.830. The van der Waals surface area contributed by atoms with Crippen LogP contribution in [0.4, 0.5) is 13.2 Å². The Kier molecular flexibility index (Phi) is 4.79. The fourth-order valence-electron chi connectivity index (χ4n) is 1.81. The molecule has 8 heteroatoms. The van der Waals surface area contributed by atoms with Crippen LogP contribution in [-0.2, 0) is 10.0 Å². The van der Waals surface area contributed by atoms with E-state index in [0.717, 1.165) is 6.26 Å². The molecule has 0 aliphatic carbocycles. The summed E-state index contributed by atoms with van der Waals surface area (Å²) in [6.07, 6.45) is -2.72. The molecule has 17 heavy (non-hydrogen) atoms. The Labute approximate surface area is 99.2 Å². The highest BCUT2D eigenvalue weighted by Gasteiger charge is 2.28. The number of rotatable bonds is 4. The summed E-state index contributed by atoms with van der Waals surface area (Å²) in [5.41, 5.74) is 0. The van der Waals surface area contributed by atoms with Gasteiger partial charge in [0.2, 0.25) is 10.0 Å². The molecule has 0 saturated carbocycles. The predicted molar refractivity (Wildman–Crippen MR) is 58.1 cm³/mol. The molecule has 0 amide bonds. The molecule has 0 atom stereocenters. The van der Waals surface area contributed by atoms with E-state index >= 15 is 0 Å². The number of nitrogens with one attached hydrogen (secondary N) is 1. The molecule has 0 unspecified atom stereocenters. The molecular weight excluding hydrogens is 257 g/mol. The first-order valence-electron chi connectivity index (χ1n) is 5.44. The molecule has 0 spiro atoms. The summed E-state index contributed by atoms with van der Waals surface area (Å²) in [6, 6.07) is -0.0182. The first kappa shape index (κ1) is 14.7. The first-order valence-corrected chi connectivity index (χ1v) is 7.28. The van der Waals surface area contributed by atoms with Crippen LogP contribution in [0.5, 0.6) is 0 Å². The molecule has 1 saturated heterocycles. The van der Waals surface area contributed by atoms with Crippen LogP contribution in [0.2, 0.25) is 0 Å². The van der Waals surface area contributed by atoms with Gasteiger partial charge in [-0.1, -0.05) is 0 Å². The van der Waals surface area contributed by atoms with Crippen molar-refractivity contribution in [3.8, 4) is 0 Å². The van der Waals surface area contributed by atoms with Crippen molar-refractivity contribution >= 4 is 10.0 Å². The number of piperidine rings is 1. The van der Waals surface area contributed by atoms with Gasteiger partial charge in [-0.3, -0.25) is 0 Å². The molecule has 1 aliphatic rings. The lowest BCUT2D eigenvalue weighted by atomic mass is 10.1. The van der Waals surface area contributed by atoms with Gasteiger partial charge < -0.3 is 5.32 Å². The van der Waals surface area contributed by atoms with Crippen LogP contribution < -0.4 is 5.32 Å². The van der Waals surface area contributed by atoms with E-state index in [1.54, 1.807) is 0 Å². The monoisotopic (exact) mass is 274 g/mol. The molecule has 1 aliphatic heterocycles. The van der Waals surface area contributed by atoms with Crippen molar-refractivity contribution < 1.29 is 21.6 Å². The second kappa shape index (κ2) is 5.53. The first-order chi connectivity index (χ1) is 7.68. The second-order valence-electron chi connectivity index (χ2n) is 4.26. The molecular formula is C9H17F3N2O2S. The van der Waals surface area contributed by atoms with Crippen molar-refractivity contribution in [1.82, 2.24) is 9.62 Å². The lowest BCUT2D eigenvalue weighted by molar-refractivity contribution is -0.133. The molecule has 0 aromatic carbocycles. The summed E-state index contributed by atoms with van der Waals surface area (Å²) in [5.74, 6) is 0. The smallest absolute Gasteiger partial charge is 0.314 e. The molecule has 0 aromatic heterocycles. The van der Waals surface area contributed by atoms with Crippen molar-refractivity contribution in [2.24, 2.45) is 0 Å². The van der Waals surface area contributed by atoms with Gasteiger partial charge in [-0.15, -0.1) is 0 Å². The minimum Gasteiger partial charge on any atom is -0.314 e. The number of hydrogen-bond donors (Lipinski definition) is 1. The van der Waals surface area contributed by atoms with E-state index in [0.29, 0.717) is 25.9 Å². The van der Waals surface area contributed by atoms with Gasteiger partial charge in [-0.2, -0.15) is 13.2 Å². The zero-order chi connectivity index (χ0) is 13.1. The number of nitrogens with zero attached hydrogens (tertiary/aromatic N) is 1. The number of hydrogen-bond acceptors (Lipinski definition) is 3. The highest BCUT2D eigenvalue weighted by atomic mass is 32.2. The molecule has 4 nitrogen and oxygen atoms in total. The summed E-state index contributed by atoms with van der Waals surface area (Å²) in [6.45, 7) is 0.651. The molecule has 102 valence electrons. The molecule has 1 N–H and O–H groups in total. The highest BCUT2D eigenvalue weighted by molar-refractivity contribution is 7.88. The number of sulfonamides is 1. The van der Waals surface area contributed by atoms with Crippen LogP contribution in [0.1, 0.15) is 19.3 Å². The Balaban J connectivity index is 2.24. The summed E-state index contributed by atoms with van der Waals surface area (Å²) in [5, 5.41) is 2.81. The van der Waals surface area contributed by atoms with Gasteiger partial charge in [0, 0.05) is 25.7 Å². The summed E-state index contributed by atoms with van der Waals surface area (Å²) < 4.78 is 59.4. The van der Waals surface area contributed by atoms with Crippen LogP contribution >= 0.6 is 0 Å². The Morgan fingerprint density at radius 2 is 1.82 bits per heavy atom. The second-order valence-corrected chi connectivity index (χ2v) is 6.24. The van der Waals surface area contributed by atoms with Gasteiger partial charge >= 0.3 is 6.18 Å². The minimum atomic E-state index is -4.14. The summed E-state index contributed by atoms with van der Waals surface area (Å²) in [7, 11) is -3.17. The Hall–Kier alpha value is -0.340. The van der Waals surface area contributed by atoms with E-state index in [9.17, 15) is 21.6 Å². The van der Waals surface area contributed by atoms with Crippen molar-refractivity contribution in [2.45, 2.75) is 31.5 Å². The van der Waals surface area contributed by atoms with Gasteiger partial charge in [-0.05, 0) is 12.8 Å². The molecule has 0 radical (unpaired) electrons. The zero-order valence-corrected chi connectivity index (χ0v) is 10.4. The Morgan fingerprint density at radius 1 is 1.29 bits per heavy atom. The van der Waals surface area contributed by atoms with E-state index in [4.69, 9.17) is 0 Å². The lowest BCUT2D eigenvalue weighted by Gasteiger charge is -2.30. The van der Waals surface area contributed by atoms with Crippen molar-refractivity contribution in [1.29, 1.82) is 0 Å². The standard InChI is InChI=1S/C9H17F3N2O2S/c1-17(15,16)14-6-2-8(3-7-14)13-5-4-9(10,11)12/h8,13H,2-7H2,1H3. The van der Waals surface area contributed by atoms with Gasteiger partial charge in [-0.25, -0.2) is 12.7 Å². The van der Waals surface area contributed by atoms with Crippen LogP contribution in [0.3, 0.4) is 0 Å². The van der Waals surface area contributed by atoms with E-state index in [1.165, 1.54) is 4.31 Å². The third kappa shape index (κ3) is 5.69. The Morgan fingerprint density at radius 3 is 2.24 bits per heavy atom. The molecule has 1 rings (SSSR count). The fraction of sp³-hybridized carbons (Fsp3) is 1.00. The maximum Gasteiger partial charge on any atom is 0.390 e. The molecule has 1 fully saturated rings. The van der Waals surface area contributed by atoms with Crippen LogP contribution in [0.25, 0.3) is 0 Å². The SMILES string of the molecule is CS(=O)(=O)N1CCC(NCCC(F)(F)F)CC1. The Bertz CT molecular complexity index is 335. The summed E-state index contributed by atoms with van der Waals surface area (Å²) >= 11 is 0. The minimum absolute atomic E-state index is 0.0182. The topological polar surface area (TPSA) is 49.4 Å². The molecule has 1 heterocycles. The maximum atomic E-state index is 11.9. The molecule has 0 bridgehead atoms. The molecule has 0 aromatic rings. The zero-order valence-electron chi connectivity index (χ0n) is 9.63. The van der Waals surface area contributed by atoms with Crippen LogP contribution in [0.15, 0.2) is 0 Å². The lowest BCUT2D eigenvalue weighted by Crippen LogP contribution is -2.45. The van der Waals surface area contributed by atoms with Gasteiger partial charge in [0.1, 0.15) is 0 Å². The summed E-state index contributed by atoms with van der Waals surface area (Å²) in [4.78, 5) is 0. The maximum absolute atomic E-state index is 11.9. The highest BCUT2D eigenvalue weighted by Crippen LogP contribution is 2.19. The van der Waals surface area contributed by atoms with Gasteiger partial charge in [0.05, 0.1) is 12.7 Å². The van der Waals surface area contributed by atoms with E-state index in [-0.39, 0.29) is 12.6 Å². The van der Waals surface area contributed by atoms with E-state index in [2.05, 4.69) is 5.32 Å². The van der Waals surface area contributed by atoms with E-state index < -0.39 is 22.6 Å². The number of halogens is 3. The fourth-order valence-corrected chi connectivity index (χ4v) is 2.68. The average molecular weight is 274 g/mol. The third-order valence-electron chi connectivity index (χ3n) is 2.76. The average Bonchev–Trinajstić information content (AvgIpc) is 2.15.